The molecule has 0 saturated carbocycles. The topological polar surface area (TPSA) is 38.1 Å². The van der Waals surface area contributed by atoms with Gasteiger partial charge >= 0.3 is 0 Å². The second-order valence-electron chi connectivity index (χ2n) is 4.24. The van der Waals surface area contributed by atoms with Crippen LogP contribution in [0.3, 0.4) is 0 Å². The van der Waals surface area contributed by atoms with Gasteiger partial charge in [0, 0.05) is 0 Å². The lowest BCUT2D eigenvalue weighted by Crippen LogP contribution is -2.18. The number of nitrogens with zero attached hydrogens (tertiary/aromatic N) is 1. The predicted molar refractivity (Wildman–Crippen MR) is 71.4 cm³/mol. The lowest BCUT2D eigenvalue weighted by molar-refractivity contribution is 0.459. The number of thiophene rings is 1. The fraction of sp³-hybridized carbons (Fsp3) is 0.417. The highest BCUT2D eigenvalue weighted by Crippen LogP contribution is 2.33. The van der Waals surface area contributed by atoms with Gasteiger partial charge in [0.25, 0.3) is 0 Å². The zero-order valence-electron chi connectivity index (χ0n) is 9.87. The van der Waals surface area contributed by atoms with Gasteiger partial charge in [-0.1, -0.05) is 25.4 Å². The molecule has 0 amide bonds. The van der Waals surface area contributed by atoms with E-state index in [1.54, 1.807) is 17.5 Å². The van der Waals surface area contributed by atoms with Crippen LogP contribution in [0.5, 0.6) is 0 Å². The van der Waals surface area contributed by atoms with E-state index in [0.29, 0.717) is 23.4 Å². The number of nitrogens with one attached hydrogen (secondary N) is 1. The number of oxazole rings is 1. The molecular formula is C12H15ClN2OS. The quantitative estimate of drug-likeness (QED) is 0.898. The summed E-state index contributed by atoms with van der Waals surface area (Å²) in [5.41, 5.74) is 0. The van der Waals surface area contributed by atoms with Gasteiger partial charge in [-0.2, -0.15) is 0 Å². The summed E-state index contributed by atoms with van der Waals surface area (Å²) in [7, 11) is 0. The van der Waals surface area contributed by atoms with Crippen molar-refractivity contribution < 1.29 is 4.42 Å². The van der Waals surface area contributed by atoms with E-state index in [1.165, 1.54) is 0 Å². The lowest BCUT2D eigenvalue weighted by atomic mass is 10.2. The monoisotopic (exact) mass is 270 g/mol. The summed E-state index contributed by atoms with van der Waals surface area (Å²) in [6.45, 7) is 5.94. The lowest BCUT2D eigenvalue weighted by Gasteiger charge is -2.04. The molecule has 2 aromatic rings. The second kappa shape index (κ2) is 5.67. The van der Waals surface area contributed by atoms with Gasteiger partial charge in [-0.15, -0.1) is 11.3 Å². The standard InChI is InChI=1S/C12H15ClN2OS/c1-8(2)5-14-7-11-15-6-10(16-11)12-9(13)3-4-17-12/h3-4,6,8,14H,5,7H2,1-2H3. The fourth-order valence-corrected chi connectivity index (χ4v) is 2.53. The minimum Gasteiger partial charge on any atom is -0.438 e. The molecule has 2 heterocycles. The van der Waals surface area contributed by atoms with E-state index in [1.807, 2.05) is 11.4 Å². The minimum absolute atomic E-state index is 0.621. The molecule has 0 unspecified atom stereocenters. The van der Waals surface area contributed by atoms with Crippen molar-refractivity contribution >= 4 is 22.9 Å². The Kier molecular flexibility index (Phi) is 4.20. The van der Waals surface area contributed by atoms with Crippen molar-refractivity contribution in [2.24, 2.45) is 5.92 Å². The molecule has 0 spiro atoms. The van der Waals surface area contributed by atoms with Gasteiger partial charge in [-0.05, 0) is 23.9 Å². The van der Waals surface area contributed by atoms with Crippen molar-refractivity contribution in [3.63, 3.8) is 0 Å². The fourth-order valence-electron chi connectivity index (χ4n) is 1.43. The van der Waals surface area contributed by atoms with Crippen molar-refractivity contribution in [1.82, 2.24) is 10.3 Å². The average molecular weight is 271 g/mol. The molecule has 2 aromatic heterocycles. The van der Waals surface area contributed by atoms with Gasteiger partial charge < -0.3 is 9.73 Å². The zero-order valence-corrected chi connectivity index (χ0v) is 11.4. The van der Waals surface area contributed by atoms with Crippen molar-refractivity contribution in [1.29, 1.82) is 0 Å². The summed E-state index contributed by atoms with van der Waals surface area (Å²) in [5.74, 6) is 2.06. The van der Waals surface area contributed by atoms with Crippen molar-refractivity contribution in [2.75, 3.05) is 6.54 Å². The highest BCUT2D eigenvalue weighted by atomic mass is 35.5. The molecule has 0 aliphatic carbocycles. The Morgan fingerprint density at radius 2 is 2.35 bits per heavy atom. The van der Waals surface area contributed by atoms with Crippen molar-refractivity contribution in [2.45, 2.75) is 20.4 Å². The third-order valence-corrected chi connectivity index (χ3v) is 3.58. The first-order valence-electron chi connectivity index (χ1n) is 5.55. The minimum atomic E-state index is 0.621. The van der Waals surface area contributed by atoms with Crippen LogP contribution in [0.2, 0.25) is 5.02 Å². The number of rotatable bonds is 5. The highest BCUT2D eigenvalue weighted by molar-refractivity contribution is 7.14. The molecule has 0 bridgehead atoms. The van der Waals surface area contributed by atoms with E-state index in [2.05, 4.69) is 24.1 Å². The van der Waals surface area contributed by atoms with Crippen LogP contribution < -0.4 is 5.32 Å². The van der Waals surface area contributed by atoms with E-state index in [9.17, 15) is 0 Å². The molecule has 17 heavy (non-hydrogen) atoms. The molecular weight excluding hydrogens is 256 g/mol. The van der Waals surface area contributed by atoms with E-state index in [4.69, 9.17) is 16.0 Å². The van der Waals surface area contributed by atoms with Crippen LogP contribution in [0, 0.1) is 5.92 Å². The number of hydrogen-bond donors (Lipinski definition) is 1. The van der Waals surface area contributed by atoms with E-state index in [-0.39, 0.29) is 0 Å². The molecule has 0 saturated heterocycles. The summed E-state index contributed by atoms with van der Waals surface area (Å²) in [6.07, 6.45) is 1.73. The SMILES string of the molecule is CC(C)CNCc1ncc(-c2sccc2Cl)o1. The first-order valence-corrected chi connectivity index (χ1v) is 6.81. The zero-order chi connectivity index (χ0) is 12.3. The summed E-state index contributed by atoms with van der Waals surface area (Å²) in [4.78, 5) is 5.17. The van der Waals surface area contributed by atoms with Crippen LogP contribution >= 0.6 is 22.9 Å². The van der Waals surface area contributed by atoms with E-state index >= 15 is 0 Å². The first-order chi connectivity index (χ1) is 8.16. The maximum Gasteiger partial charge on any atom is 0.208 e. The Morgan fingerprint density at radius 3 is 3.00 bits per heavy atom. The third-order valence-electron chi connectivity index (χ3n) is 2.22. The van der Waals surface area contributed by atoms with Gasteiger partial charge in [0.2, 0.25) is 5.89 Å². The van der Waals surface area contributed by atoms with E-state index in [0.717, 1.165) is 17.2 Å². The van der Waals surface area contributed by atoms with Gasteiger partial charge in [0.05, 0.1) is 22.6 Å². The van der Waals surface area contributed by atoms with E-state index < -0.39 is 0 Å². The molecule has 0 aliphatic rings. The maximum atomic E-state index is 6.04. The Labute approximate surface area is 110 Å². The summed E-state index contributed by atoms with van der Waals surface area (Å²) >= 11 is 7.60. The molecule has 3 nitrogen and oxygen atoms in total. The van der Waals surface area contributed by atoms with Crippen LogP contribution in [0.25, 0.3) is 10.6 Å². The Hall–Kier alpha value is -0.840. The van der Waals surface area contributed by atoms with Gasteiger partial charge in [0.1, 0.15) is 0 Å². The Morgan fingerprint density at radius 1 is 1.53 bits per heavy atom. The average Bonchev–Trinajstić information content (AvgIpc) is 2.86. The van der Waals surface area contributed by atoms with Crippen LogP contribution in [0.4, 0.5) is 0 Å². The molecule has 2 rings (SSSR count). The van der Waals surface area contributed by atoms with Crippen molar-refractivity contribution in [3.05, 3.63) is 28.6 Å². The number of aromatic nitrogens is 1. The molecule has 0 radical (unpaired) electrons. The highest BCUT2D eigenvalue weighted by Gasteiger charge is 2.10. The Bertz CT molecular complexity index is 478. The van der Waals surface area contributed by atoms with Gasteiger partial charge in [-0.25, -0.2) is 4.98 Å². The number of halogens is 1. The molecule has 92 valence electrons. The predicted octanol–water partition coefficient (Wildman–Crippen LogP) is 3.80. The van der Waals surface area contributed by atoms with Crippen LogP contribution in [-0.4, -0.2) is 11.5 Å². The number of hydrogen-bond acceptors (Lipinski definition) is 4. The molecule has 0 fully saturated rings. The molecule has 0 atom stereocenters. The van der Waals surface area contributed by atoms with Crippen LogP contribution in [0.15, 0.2) is 22.1 Å². The molecule has 0 aliphatic heterocycles. The molecule has 1 N–H and O–H groups in total. The van der Waals surface area contributed by atoms with Crippen LogP contribution in [0.1, 0.15) is 19.7 Å². The summed E-state index contributed by atoms with van der Waals surface area (Å²) in [5, 5.41) is 5.95. The third kappa shape index (κ3) is 3.31. The van der Waals surface area contributed by atoms with Crippen LogP contribution in [-0.2, 0) is 6.54 Å². The van der Waals surface area contributed by atoms with Gasteiger partial charge in [-0.3, -0.25) is 0 Å². The smallest absolute Gasteiger partial charge is 0.208 e. The summed E-state index contributed by atoms with van der Waals surface area (Å²) < 4.78 is 5.64. The largest absolute Gasteiger partial charge is 0.438 e. The first kappa shape index (κ1) is 12.6. The normalized spacial score (nSPS) is 11.3. The maximum absolute atomic E-state index is 6.04. The summed E-state index contributed by atoms with van der Waals surface area (Å²) in [6, 6.07) is 1.86. The Balaban J connectivity index is 1.99. The van der Waals surface area contributed by atoms with Gasteiger partial charge in [0.15, 0.2) is 5.76 Å². The second-order valence-corrected chi connectivity index (χ2v) is 5.56. The molecule has 0 aromatic carbocycles. The molecule has 5 heteroatoms. The van der Waals surface area contributed by atoms with Crippen molar-refractivity contribution in [3.8, 4) is 10.6 Å².